The lowest BCUT2D eigenvalue weighted by Crippen LogP contribution is -2.28. The van der Waals surface area contributed by atoms with Gasteiger partial charge in [-0.05, 0) is 48.1 Å². The molecule has 26 heavy (non-hydrogen) atoms. The van der Waals surface area contributed by atoms with Crippen molar-refractivity contribution in [1.29, 1.82) is 0 Å². The molecule has 3 rings (SSSR count). The normalized spacial score (nSPS) is 16.9. The van der Waals surface area contributed by atoms with Gasteiger partial charge in [0.15, 0.2) is 11.5 Å². The summed E-state index contributed by atoms with van der Waals surface area (Å²) in [5, 5.41) is 2.06. The van der Waals surface area contributed by atoms with E-state index in [-0.39, 0.29) is 11.9 Å². The molecule has 1 amide bonds. The summed E-state index contributed by atoms with van der Waals surface area (Å²) in [5.41, 5.74) is 0.819. The van der Waals surface area contributed by atoms with Crippen molar-refractivity contribution in [3.05, 3.63) is 46.2 Å². The third-order valence-corrected chi connectivity index (χ3v) is 5.49. The summed E-state index contributed by atoms with van der Waals surface area (Å²) in [6.45, 7) is 0.793. The fourth-order valence-corrected chi connectivity index (χ4v) is 4.14. The molecule has 0 spiro atoms. The van der Waals surface area contributed by atoms with Gasteiger partial charge in [-0.25, -0.2) is 0 Å². The van der Waals surface area contributed by atoms with Crippen LogP contribution in [-0.4, -0.2) is 38.7 Å². The molecule has 0 bridgehead atoms. The van der Waals surface area contributed by atoms with E-state index in [1.165, 1.54) is 4.88 Å². The first-order valence-corrected chi connectivity index (χ1v) is 9.38. The molecule has 1 aromatic heterocycles. The summed E-state index contributed by atoms with van der Waals surface area (Å²) >= 11 is 1.70. The number of carbonyl (C=O) groups is 1. The maximum absolute atomic E-state index is 12.7. The second-order valence-electron chi connectivity index (χ2n) is 6.00. The number of thiophene rings is 1. The van der Waals surface area contributed by atoms with Gasteiger partial charge in [0.05, 0.1) is 27.4 Å². The molecule has 1 aliphatic rings. The van der Waals surface area contributed by atoms with Gasteiger partial charge in [-0.15, -0.1) is 11.3 Å². The maximum Gasteiger partial charge on any atom is 0.247 e. The molecule has 1 fully saturated rings. The van der Waals surface area contributed by atoms with Crippen LogP contribution in [0.15, 0.2) is 35.7 Å². The number of nitrogens with zero attached hydrogens (tertiary/aromatic N) is 1. The molecule has 1 aliphatic heterocycles. The van der Waals surface area contributed by atoms with Crippen molar-refractivity contribution >= 4 is 23.3 Å². The summed E-state index contributed by atoms with van der Waals surface area (Å²) < 4.78 is 16.0. The third-order valence-electron chi connectivity index (χ3n) is 4.51. The van der Waals surface area contributed by atoms with Gasteiger partial charge in [-0.1, -0.05) is 6.07 Å². The molecule has 5 nitrogen and oxygen atoms in total. The van der Waals surface area contributed by atoms with Crippen LogP contribution in [0.2, 0.25) is 0 Å². The van der Waals surface area contributed by atoms with Gasteiger partial charge >= 0.3 is 0 Å². The van der Waals surface area contributed by atoms with Crippen molar-refractivity contribution in [1.82, 2.24) is 4.90 Å². The Morgan fingerprint density at radius 2 is 1.92 bits per heavy atom. The first-order chi connectivity index (χ1) is 12.7. The Morgan fingerprint density at radius 3 is 2.50 bits per heavy atom. The van der Waals surface area contributed by atoms with E-state index in [0.717, 1.165) is 24.9 Å². The largest absolute Gasteiger partial charge is 0.493 e. The lowest BCUT2D eigenvalue weighted by Gasteiger charge is -2.22. The maximum atomic E-state index is 12.7. The average molecular weight is 373 g/mol. The zero-order valence-electron chi connectivity index (χ0n) is 15.2. The average Bonchev–Trinajstić information content (AvgIpc) is 3.35. The molecule has 0 saturated carbocycles. The van der Waals surface area contributed by atoms with Crippen molar-refractivity contribution in [2.24, 2.45) is 0 Å². The predicted octanol–water partition coefficient (Wildman–Crippen LogP) is 4.15. The van der Waals surface area contributed by atoms with Crippen LogP contribution >= 0.6 is 11.3 Å². The highest BCUT2D eigenvalue weighted by Gasteiger charge is 2.29. The van der Waals surface area contributed by atoms with Crippen LogP contribution in [0.4, 0.5) is 0 Å². The van der Waals surface area contributed by atoms with E-state index in [1.807, 2.05) is 23.1 Å². The highest BCUT2D eigenvalue weighted by Crippen LogP contribution is 2.39. The van der Waals surface area contributed by atoms with Crippen molar-refractivity contribution in [3.8, 4) is 17.2 Å². The fraction of sp³-hybridized carbons (Fsp3) is 0.350. The van der Waals surface area contributed by atoms with Gasteiger partial charge in [0.1, 0.15) is 0 Å². The Balaban J connectivity index is 1.80. The van der Waals surface area contributed by atoms with E-state index in [4.69, 9.17) is 14.2 Å². The number of amides is 1. The first-order valence-electron chi connectivity index (χ1n) is 8.50. The molecule has 1 atom stereocenters. The van der Waals surface area contributed by atoms with Crippen molar-refractivity contribution < 1.29 is 19.0 Å². The highest BCUT2D eigenvalue weighted by atomic mass is 32.1. The van der Waals surface area contributed by atoms with Gasteiger partial charge in [0, 0.05) is 17.5 Å². The van der Waals surface area contributed by atoms with E-state index in [1.54, 1.807) is 44.8 Å². The first kappa shape index (κ1) is 18.3. The molecule has 1 saturated heterocycles. The Morgan fingerprint density at radius 1 is 1.19 bits per heavy atom. The molecule has 0 aliphatic carbocycles. The molecule has 1 unspecified atom stereocenters. The Hall–Kier alpha value is -2.47. The van der Waals surface area contributed by atoms with E-state index in [2.05, 4.69) is 11.4 Å². The second-order valence-corrected chi connectivity index (χ2v) is 6.98. The van der Waals surface area contributed by atoms with Crippen molar-refractivity contribution in [2.75, 3.05) is 27.9 Å². The Kier molecular flexibility index (Phi) is 5.83. The van der Waals surface area contributed by atoms with Crippen LogP contribution in [0.1, 0.15) is 29.3 Å². The standard InChI is InChI=1S/C20H23NO4S/c1-23-16-12-14(13-17(24-2)20(16)25-3)8-9-19(22)21-10-4-6-15(21)18-7-5-11-26-18/h5,7-9,11-13,15H,4,6,10H2,1-3H3/b9-8+. The molecule has 0 radical (unpaired) electrons. The lowest BCUT2D eigenvalue weighted by atomic mass is 10.1. The van der Waals surface area contributed by atoms with Crippen LogP contribution in [-0.2, 0) is 4.79 Å². The van der Waals surface area contributed by atoms with Gasteiger partial charge in [-0.3, -0.25) is 4.79 Å². The predicted molar refractivity (Wildman–Crippen MR) is 103 cm³/mol. The summed E-state index contributed by atoms with van der Waals surface area (Å²) in [5.74, 6) is 1.69. The number of likely N-dealkylation sites (tertiary alicyclic amines) is 1. The topological polar surface area (TPSA) is 48.0 Å². The summed E-state index contributed by atoms with van der Waals surface area (Å²) in [7, 11) is 4.72. The van der Waals surface area contributed by atoms with Crippen LogP contribution in [0, 0.1) is 0 Å². The van der Waals surface area contributed by atoms with Crippen LogP contribution in [0.25, 0.3) is 6.08 Å². The number of methoxy groups -OCH3 is 3. The fourth-order valence-electron chi connectivity index (χ4n) is 3.27. The van der Waals surface area contributed by atoms with Crippen molar-refractivity contribution in [2.45, 2.75) is 18.9 Å². The molecule has 2 heterocycles. The number of ether oxygens (including phenoxy) is 3. The van der Waals surface area contributed by atoms with E-state index in [9.17, 15) is 4.79 Å². The second kappa shape index (κ2) is 8.27. The number of hydrogen-bond donors (Lipinski definition) is 0. The highest BCUT2D eigenvalue weighted by molar-refractivity contribution is 7.10. The monoisotopic (exact) mass is 373 g/mol. The van der Waals surface area contributed by atoms with E-state index < -0.39 is 0 Å². The Labute approximate surface area is 157 Å². The van der Waals surface area contributed by atoms with Crippen LogP contribution < -0.4 is 14.2 Å². The summed E-state index contributed by atoms with van der Waals surface area (Å²) in [6.07, 6.45) is 5.46. The molecular weight excluding hydrogens is 350 g/mol. The molecule has 1 aromatic carbocycles. The van der Waals surface area contributed by atoms with Gasteiger partial charge in [-0.2, -0.15) is 0 Å². The third kappa shape index (κ3) is 3.70. The number of hydrogen-bond acceptors (Lipinski definition) is 5. The minimum absolute atomic E-state index is 0.0228. The lowest BCUT2D eigenvalue weighted by molar-refractivity contribution is -0.126. The number of rotatable bonds is 6. The van der Waals surface area contributed by atoms with E-state index in [0.29, 0.717) is 17.2 Å². The van der Waals surface area contributed by atoms with E-state index >= 15 is 0 Å². The molecular formula is C20H23NO4S. The SMILES string of the molecule is COc1cc(/C=C/C(=O)N2CCCC2c2cccs2)cc(OC)c1OC. The minimum atomic E-state index is 0.0228. The van der Waals surface area contributed by atoms with Crippen LogP contribution in [0.5, 0.6) is 17.2 Å². The summed E-state index contributed by atoms with van der Waals surface area (Å²) in [6, 6.07) is 7.97. The Bertz CT molecular complexity index is 760. The van der Waals surface area contributed by atoms with Crippen LogP contribution in [0.3, 0.4) is 0 Å². The zero-order valence-corrected chi connectivity index (χ0v) is 16.0. The number of carbonyl (C=O) groups excluding carboxylic acids is 1. The smallest absolute Gasteiger partial charge is 0.247 e. The summed E-state index contributed by atoms with van der Waals surface area (Å²) in [4.78, 5) is 15.9. The van der Waals surface area contributed by atoms with Crippen molar-refractivity contribution in [3.63, 3.8) is 0 Å². The van der Waals surface area contributed by atoms with Gasteiger partial charge < -0.3 is 19.1 Å². The molecule has 138 valence electrons. The van der Waals surface area contributed by atoms with Gasteiger partial charge in [0.2, 0.25) is 11.7 Å². The zero-order chi connectivity index (χ0) is 18.5. The number of benzene rings is 1. The molecule has 2 aromatic rings. The molecule has 0 N–H and O–H groups in total. The molecule has 6 heteroatoms. The van der Waals surface area contributed by atoms with Gasteiger partial charge in [0.25, 0.3) is 0 Å². The minimum Gasteiger partial charge on any atom is -0.493 e. The quantitative estimate of drug-likeness (QED) is 0.714.